The molecule has 2 aliphatic heterocycles. The van der Waals surface area contributed by atoms with Gasteiger partial charge in [-0.25, -0.2) is 0 Å². The quantitative estimate of drug-likeness (QED) is 0.857. The van der Waals surface area contributed by atoms with Crippen LogP contribution in [0, 0.1) is 16.7 Å². The van der Waals surface area contributed by atoms with Gasteiger partial charge in [0.25, 0.3) is 0 Å². The van der Waals surface area contributed by atoms with Gasteiger partial charge in [-0.2, -0.15) is 5.26 Å². The monoisotopic (exact) mass is 333 g/mol. The highest BCUT2D eigenvalue weighted by Crippen LogP contribution is 2.49. The standard InChI is InChI=1S/C20H19N3O2/c1-20(2)8-14-18(15(24)9-20)17(12-6-4-3-5-7-12)13(10-21)19-22-16(25)11-23(14)19/h3-7,17H,8-9,11H2,1-2H3,(H,22,25). The molecule has 1 saturated heterocycles. The van der Waals surface area contributed by atoms with Crippen LogP contribution < -0.4 is 5.32 Å². The first-order chi connectivity index (χ1) is 11.9. The van der Waals surface area contributed by atoms with Gasteiger partial charge in [0.15, 0.2) is 5.78 Å². The van der Waals surface area contributed by atoms with Crippen LogP contribution in [0.25, 0.3) is 0 Å². The predicted octanol–water partition coefficient (Wildman–Crippen LogP) is 2.59. The van der Waals surface area contributed by atoms with E-state index in [9.17, 15) is 14.9 Å². The van der Waals surface area contributed by atoms with Gasteiger partial charge < -0.3 is 10.2 Å². The molecule has 1 N–H and O–H groups in total. The Morgan fingerprint density at radius 3 is 2.60 bits per heavy atom. The van der Waals surface area contributed by atoms with Gasteiger partial charge in [0.2, 0.25) is 5.91 Å². The number of nitrogens with zero attached hydrogens (tertiary/aromatic N) is 2. The van der Waals surface area contributed by atoms with E-state index in [0.717, 1.165) is 11.3 Å². The van der Waals surface area contributed by atoms with Crippen molar-refractivity contribution in [1.82, 2.24) is 10.2 Å². The lowest BCUT2D eigenvalue weighted by atomic mass is 9.69. The molecule has 4 rings (SSSR count). The number of carbonyl (C=O) groups is 2. The summed E-state index contributed by atoms with van der Waals surface area (Å²) in [6.45, 7) is 4.31. The number of ketones is 1. The van der Waals surface area contributed by atoms with Gasteiger partial charge in [0, 0.05) is 17.7 Å². The lowest BCUT2D eigenvalue weighted by Gasteiger charge is -2.41. The number of hydrogen-bond acceptors (Lipinski definition) is 4. The zero-order valence-corrected chi connectivity index (χ0v) is 14.3. The van der Waals surface area contributed by atoms with E-state index in [2.05, 4.69) is 25.2 Å². The van der Waals surface area contributed by atoms with Crippen LogP contribution >= 0.6 is 0 Å². The molecule has 0 bridgehead atoms. The largest absolute Gasteiger partial charge is 0.321 e. The summed E-state index contributed by atoms with van der Waals surface area (Å²) in [4.78, 5) is 26.9. The van der Waals surface area contributed by atoms with E-state index in [1.54, 1.807) is 0 Å². The lowest BCUT2D eigenvalue weighted by molar-refractivity contribution is -0.120. The van der Waals surface area contributed by atoms with Crippen molar-refractivity contribution in [2.24, 2.45) is 5.41 Å². The Hall–Kier alpha value is -2.87. The third-order valence-electron chi connectivity index (χ3n) is 5.14. The van der Waals surface area contributed by atoms with Crippen molar-refractivity contribution < 1.29 is 9.59 Å². The highest BCUT2D eigenvalue weighted by atomic mass is 16.2. The molecule has 1 atom stereocenters. The number of nitrogens with one attached hydrogen (secondary N) is 1. The van der Waals surface area contributed by atoms with E-state index in [1.807, 2.05) is 35.2 Å². The number of Topliss-reactive ketones (excluding diaryl/α,β-unsaturated/α-hetero) is 1. The minimum absolute atomic E-state index is 0.0752. The summed E-state index contributed by atoms with van der Waals surface area (Å²) in [6.07, 6.45) is 1.17. The van der Waals surface area contributed by atoms with Gasteiger partial charge in [-0.1, -0.05) is 44.2 Å². The van der Waals surface area contributed by atoms with Crippen molar-refractivity contribution in [2.75, 3.05) is 6.54 Å². The topological polar surface area (TPSA) is 73.2 Å². The second-order valence-electron chi connectivity index (χ2n) is 7.65. The van der Waals surface area contributed by atoms with E-state index in [0.29, 0.717) is 29.8 Å². The first kappa shape index (κ1) is 15.6. The van der Waals surface area contributed by atoms with Crippen LogP contribution in [-0.2, 0) is 9.59 Å². The molecule has 1 aromatic carbocycles. The average molecular weight is 333 g/mol. The molecule has 25 heavy (non-hydrogen) atoms. The summed E-state index contributed by atoms with van der Waals surface area (Å²) in [6, 6.07) is 11.9. The second-order valence-corrected chi connectivity index (χ2v) is 7.65. The highest BCUT2D eigenvalue weighted by Gasteiger charge is 2.47. The van der Waals surface area contributed by atoms with Crippen LogP contribution in [0.5, 0.6) is 0 Å². The first-order valence-corrected chi connectivity index (χ1v) is 8.44. The Morgan fingerprint density at radius 1 is 1.20 bits per heavy atom. The molecule has 5 heteroatoms. The molecule has 1 aliphatic carbocycles. The molecule has 3 aliphatic rings. The second kappa shape index (κ2) is 5.32. The van der Waals surface area contributed by atoms with Gasteiger partial charge in [-0.15, -0.1) is 0 Å². The van der Waals surface area contributed by atoms with E-state index >= 15 is 0 Å². The number of hydrogen-bond donors (Lipinski definition) is 1. The molecule has 2 heterocycles. The molecular weight excluding hydrogens is 314 g/mol. The molecule has 1 unspecified atom stereocenters. The SMILES string of the molecule is CC1(C)CC(=O)C2=C(C1)N1CC(=O)NC1=C(C#N)C2c1ccccc1. The number of fused-ring (bicyclic) bond motifs is 2. The first-order valence-electron chi connectivity index (χ1n) is 8.44. The van der Waals surface area contributed by atoms with Crippen LogP contribution in [0.1, 0.15) is 38.2 Å². The molecular formula is C20H19N3O2. The fraction of sp³-hybridized carbons (Fsp3) is 0.350. The predicted molar refractivity (Wildman–Crippen MR) is 91.7 cm³/mol. The molecule has 1 aromatic rings. The van der Waals surface area contributed by atoms with Crippen molar-refractivity contribution in [3.8, 4) is 6.07 Å². The van der Waals surface area contributed by atoms with Crippen LogP contribution in [0.15, 0.2) is 53.0 Å². The van der Waals surface area contributed by atoms with Crippen molar-refractivity contribution in [3.63, 3.8) is 0 Å². The summed E-state index contributed by atoms with van der Waals surface area (Å²) >= 11 is 0. The van der Waals surface area contributed by atoms with E-state index in [-0.39, 0.29) is 23.7 Å². The van der Waals surface area contributed by atoms with Crippen LogP contribution in [0.3, 0.4) is 0 Å². The molecule has 5 nitrogen and oxygen atoms in total. The Labute approximate surface area is 146 Å². The molecule has 1 fully saturated rings. The van der Waals surface area contributed by atoms with E-state index < -0.39 is 5.92 Å². The minimum atomic E-state index is -0.408. The zero-order chi connectivity index (χ0) is 17.8. The van der Waals surface area contributed by atoms with Crippen molar-refractivity contribution in [1.29, 1.82) is 5.26 Å². The number of benzene rings is 1. The molecule has 0 saturated carbocycles. The average Bonchev–Trinajstić information content (AvgIpc) is 2.95. The maximum Gasteiger partial charge on any atom is 0.245 e. The van der Waals surface area contributed by atoms with Crippen molar-refractivity contribution in [3.05, 3.63) is 58.6 Å². The number of amides is 1. The Kier molecular flexibility index (Phi) is 3.33. The summed E-state index contributed by atoms with van der Waals surface area (Å²) < 4.78 is 0. The molecule has 0 spiro atoms. The molecule has 126 valence electrons. The van der Waals surface area contributed by atoms with Gasteiger partial charge in [-0.3, -0.25) is 9.59 Å². The van der Waals surface area contributed by atoms with Crippen LogP contribution in [-0.4, -0.2) is 23.1 Å². The van der Waals surface area contributed by atoms with Crippen LogP contribution in [0.4, 0.5) is 0 Å². The van der Waals surface area contributed by atoms with Gasteiger partial charge in [0.1, 0.15) is 12.4 Å². The summed E-state index contributed by atoms with van der Waals surface area (Å²) in [7, 11) is 0. The fourth-order valence-electron chi connectivity index (χ4n) is 4.15. The molecule has 0 radical (unpaired) electrons. The maximum absolute atomic E-state index is 13.0. The van der Waals surface area contributed by atoms with Crippen molar-refractivity contribution in [2.45, 2.75) is 32.6 Å². The smallest absolute Gasteiger partial charge is 0.245 e. The fourth-order valence-corrected chi connectivity index (χ4v) is 4.15. The third kappa shape index (κ3) is 2.37. The van der Waals surface area contributed by atoms with Crippen LogP contribution in [0.2, 0.25) is 0 Å². The summed E-state index contributed by atoms with van der Waals surface area (Å²) in [5.41, 5.74) is 2.78. The normalized spacial score (nSPS) is 24.7. The number of allylic oxidation sites excluding steroid dienone is 3. The molecule has 0 aromatic heterocycles. The highest BCUT2D eigenvalue weighted by molar-refractivity contribution is 6.01. The number of carbonyl (C=O) groups excluding carboxylic acids is 2. The summed E-state index contributed by atoms with van der Waals surface area (Å²) in [5.74, 6) is 0.0745. The lowest BCUT2D eigenvalue weighted by Crippen LogP contribution is -2.39. The molecule has 1 amide bonds. The van der Waals surface area contributed by atoms with Crippen molar-refractivity contribution >= 4 is 11.7 Å². The van der Waals surface area contributed by atoms with Gasteiger partial charge >= 0.3 is 0 Å². The third-order valence-corrected chi connectivity index (χ3v) is 5.14. The van der Waals surface area contributed by atoms with E-state index in [4.69, 9.17) is 0 Å². The van der Waals surface area contributed by atoms with Gasteiger partial charge in [-0.05, 0) is 17.4 Å². The maximum atomic E-state index is 13.0. The number of nitriles is 1. The minimum Gasteiger partial charge on any atom is -0.321 e. The Morgan fingerprint density at radius 2 is 1.92 bits per heavy atom. The Bertz CT molecular complexity index is 887. The van der Waals surface area contributed by atoms with E-state index in [1.165, 1.54) is 0 Å². The Balaban J connectivity index is 1.97. The zero-order valence-electron chi connectivity index (χ0n) is 14.3. The van der Waals surface area contributed by atoms with Gasteiger partial charge in [0.05, 0.1) is 17.6 Å². The number of rotatable bonds is 1. The summed E-state index contributed by atoms with van der Waals surface area (Å²) in [5, 5.41) is 12.6.